The Hall–Kier alpha value is -0.0800. The zero-order valence-electron chi connectivity index (χ0n) is 9.60. The Morgan fingerprint density at radius 2 is 1.71 bits per heavy atom. The normalized spacial score (nSPS) is 22.7. The van der Waals surface area contributed by atoms with Crippen LogP contribution in [0.15, 0.2) is 0 Å². The van der Waals surface area contributed by atoms with Crippen molar-refractivity contribution in [3.8, 4) is 0 Å². The Labute approximate surface area is 88.6 Å². The number of nitrogens with one attached hydrogen (secondary N) is 1. The Balaban J connectivity index is 2.35. The SMILES string of the molecule is CCCC(NN)C1CCCCCCC1. The van der Waals surface area contributed by atoms with Crippen LogP contribution in [0.3, 0.4) is 0 Å². The van der Waals surface area contributed by atoms with Gasteiger partial charge in [0.1, 0.15) is 0 Å². The Morgan fingerprint density at radius 3 is 2.21 bits per heavy atom. The lowest BCUT2D eigenvalue weighted by atomic mass is 9.84. The van der Waals surface area contributed by atoms with Gasteiger partial charge in [0, 0.05) is 6.04 Å². The lowest BCUT2D eigenvalue weighted by Crippen LogP contribution is -2.41. The lowest BCUT2D eigenvalue weighted by molar-refractivity contribution is 0.274. The highest BCUT2D eigenvalue weighted by Crippen LogP contribution is 2.26. The molecule has 0 aromatic rings. The molecule has 1 atom stereocenters. The maximum atomic E-state index is 5.63. The smallest absolute Gasteiger partial charge is 0.0238 e. The van der Waals surface area contributed by atoms with E-state index in [4.69, 9.17) is 5.84 Å². The van der Waals surface area contributed by atoms with Crippen LogP contribution in [-0.4, -0.2) is 6.04 Å². The molecule has 2 heteroatoms. The van der Waals surface area contributed by atoms with Gasteiger partial charge in [-0.25, -0.2) is 0 Å². The first-order valence-electron chi connectivity index (χ1n) is 6.34. The summed E-state index contributed by atoms with van der Waals surface area (Å²) in [7, 11) is 0. The van der Waals surface area contributed by atoms with Crippen LogP contribution in [0.2, 0.25) is 0 Å². The van der Waals surface area contributed by atoms with E-state index in [1.54, 1.807) is 0 Å². The molecule has 1 saturated carbocycles. The minimum absolute atomic E-state index is 0.568. The zero-order chi connectivity index (χ0) is 10.2. The molecule has 3 N–H and O–H groups in total. The Morgan fingerprint density at radius 1 is 1.14 bits per heavy atom. The zero-order valence-corrected chi connectivity index (χ0v) is 9.60. The minimum atomic E-state index is 0.568. The van der Waals surface area contributed by atoms with E-state index in [9.17, 15) is 0 Å². The van der Waals surface area contributed by atoms with Crippen molar-refractivity contribution in [3.05, 3.63) is 0 Å². The standard InChI is InChI=1S/C12H26N2/c1-2-8-12(14-13)11-9-6-4-3-5-7-10-11/h11-12,14H,2-10,13H2,1H3. The second kappa shape index (κ2) is 7.24. The molecule has 0 radical (unpaired) electrons. The van der Waals surface area contributed by atoms with E-state index in [1.165, 1.54) is 57.8 Å². The van der Waals surface area contributed by atoms with Crippen LogP contribution in [0, 0.1) is 5.92 Å². The van der Waals surface area contributed by atoms with Gasteiger partial charge in [-0.1, -0.05) is 45.4 Å². The molecule has 1 rings (SSSR count). The van der Waals surface area contributed by atoms with Gasteiger partial charge in [-0.15, -0.1) is 0 Å². The van der Waals surface area contributed by atoms with Gasteiger partial charge in [0.05, 0.1) is 0 Å². The van der Waals surface area contributed by atoms with Gasteiger partial charge in [0.2, 0.25) is 0 Å². The molecule has 84 valence electrons. The first-order chi connectivity index (χ1) is 6.88. The summed E-state index contributed by atoms with van der Waals surface area (Å²) in [5.41, 5.74) is 3.02. The molecular formula is C12H26N2. The van der Waals surface area contributed by atoms with Crippen LogP contribution in [0.1, 0.15) is 64.7 Å². The second-order valence-corrected chi connectivity index (χ2v) is 4.67. The maximum Gasteiger partial charge on any atom is 0.0238 e. The summed E-state index contributed by atoms with van der Waals surface area (Å²) < 4.78 is 0. The summed E-state index contributed by atoms with van der Waals surface area (Å²) >= 11 is 0. The molecule has 0 bridgehead atoms. The van der Waals surface area contributed by atoms with Gasteiger partial charge in [-0.05, 0) is 25.2 Å². The van der Waals surface area contributed by atoms with Gasteiger partial charge in [-0.2, -0.15) is 0 Å². The highest BCUT2D eigenvalue weighted by atomic mass is 15.2. The maximum absolute atomic E-state index is 5.63. The number of hydrazine groups is 1. The highest BCUT2D eigenvalue weighted by Gasteiger charge is 2.19. The molecular weight excluding hydrogens is 172 g/mol. The molecule has 1 aliphatic rings. The summed E-state index contributed by atoms with van der Waals surface area (Å²) in [5.74, 6) is 6.46. The minimum Gasteiger partial charge on any atom is -0.271 e. The van der Waals surface area contributed by atoms with E-state index < -0.39 is 0 Å². The quantitative estimate of drug-likeness (QED) is 0.538. The fraction of sp³-hybridized carbons (Fsp3) is 1.00. The van der Waals surface area contributed by atoms with E-state index >= 15 is 0 Å². The molecule has 0 aliphatic heterocycles. The number of hydrogen-bond donors (Lipinski definition) is 2. The van der Waals surface area contributed by atoms with Crippen molar-refractivity contribution in [1.82, 2.24) is 5.43 Å². The fourth-order valence-corrected chi connectivity index (χ4v) is 2.66. The molecule has 14 heavy (non-hydrogen) atoms. The monoisotopic (exact) mass is 198 g/mol. The van der Waals surface area contributed by atoms with Crippen LogP contribution in [0.25, 0.3) is 0 Å². The molecule has 0 saturated heterocycles. The topological polar surface area (TPSA) is 38.0 Å². The van der Waals surface area contributed by atoms with Crippen molar-refractivity contribution in [2.75, 3.05) is 0 Å². The van der Waals surface area contributed by atoms with Crippen molar-refractivity contribution in [1.29, 1.82) is 0 Å². The molecule has 0 amide bonds. The first kappa shape index (κ1) is 12.0. The van der Waals surface area contributed by atoms with E-state index in [0.29, 0.717) is 6.04 Å². The molecule has 1 fully saturated rings. The van der Waals surface area contributed by atoms with Crippen LogP contribution >= 0.6 is 0 Å². The summed E-state index contributed by atoms with van der Waals surface area (Å²) in [6.45, 7) is 2.24. The van der Waals surface area contributed by atoms with Crippen molar-refractivity contribution in [2.24, 2.45) is 11.8 Å². The Kier molecular flexibility index (Phi) is 6.20. The average Bonchev–Trinajstić information content (AvgIpc) is 2.15. The molecule has 1 aliphatic carbocycles. The van der Waals surface area contributed by atoms with E-state index in [1.807, 2.05) is 0 Å². The van der Waals surface area contributed by atoms with Crippen molar-refractivity contribution in [3.63, 3.8) is 0 Å². The van der Waals surface area contributed by atoms with Gasteiger partial charge in [-0.3, -0.25) is 11.3 Å². The van der Waals surface area contributed by atoms with E-state index in [2.05, 4.69) is 12.3 Å². The predicted octanol–water partition coefficient (Wildman–Crippen LogP) is 2.98. The summed E-state index contributed by atoms with van der Waals surface area (Å²) in [4.78, 5) is 0. The number of nitrogens with two attached hydrogens (primary N) is 1. The van der Waals surface area contributed by atoms with Crippen LogP contribution in [-0.2, 0) is 0 Å². The van der Waals surface area contributed by atoms with Crippen LogP contribution < -0.4 is 11.3 Å². The number of hydrogen-bond acceptors (Lipinski definition) is 2. The number of rotatable bonds is 4. The first-order valence-corrected chi connectivity index (χ1v) is 6.34. The third-order valence-electron chi connectivity index (χ3n) is 3.53. The van der Waals surface area contributed by atoms with Gasteiger partial charge in [0.15, 0.2) is 0 Å². The van der Waals surface area contributed by atoms with Crippen molar-refractivity contribution < 1.29 is 0 Å². The molecule has 0 aromatic heterocycles. The third-order valence-corrected chi connectivity index (χ3v) is 3.53. The fourth-order valence-electron chi connectivity index (χ4n) is 2.66. The summed E-state index contributed by atoms with van der Waals surface area (Å²) in [6, 6.07) is 0.568. The van der Waals surface area contributed by atoms with Crippen LogP contribution in [0.5, 0.6) is 0 Å². The van der Waals surface area contributed by atoms with Gasteiger partial charge < -0.3 is 0 Å². The summed E-state index contributed by atoms with van der Waals surface area (Å²) in [5, 5.41) is 0. The van der Waals surface area contributed by atoms with Gasteiger partial charge in [0.25, 0.3) is 0 Å². The van der Waals surface area contributed by atoms with Gasteiger partial charge >= 0.3 is 0 Å². The van der Waals surface area contributed by atoms with Crippen molar-refractivity contribution in [2.45, 2.75) is 70.8 Å². The molecule has 0 spiro atoms. The predicted molar refractivity (Wildman–Crippen MR) is 61.8 cm³/mol. The van der Waals surface area contributed by atoms with Crippen molar-refractivity contribution >= 4 is 0 Å². The third kappa shape index (κ3) is 3.97. The van der Waals surface area contributed by atoms with Crippen LogP contribution in [0.4, 0.5) is 0 Å². The highest BCUT2D eigenvalue weighted by molar-refractivity contribution is 4.75. The largest absolute Gasteiger partial charge is 0.271 e. The van der Waals surface area contributed by atoms with E-state index in [-0.39, 0.29) is 0 Å². The average molecular weight is 198 g/mol. The Bertz CT molecular complexity index is 128. The lowest BCUT2D eigenvalue weighted by Gasteiger charge is -2.27. The van der Waals surface area contributed by atoms with E-state index in [0.717, 1.165) is 5.92 Å². The molecule has 2 nitrogen and oxygen atoms in total. The second-order valence-electron chi connectivity index (χ2n) is 4.67. The summed E-state index contributed by atoms with van der Waals surface area (Å²) in [6.07, 6.45) is 12.4. The molecule has 0 aromatic carbocycles. The molecule has 1 unspecified atom stereocenters. The molecule has 0 heterocycles.